The van der Waals surface area contributed by atoms with E-state index < -0.39 is 10.0 Å². The van der Waals surface area contributed by atoms with Gasteiger partial charge >= 0.3 is 0 Å². The molecule has 2 rings (SSSR count). The van der Waals surface area contributed by atoms with Gasteiger partial charge in [0.2, 0.25) is 10.0 Å². The SMILES string of the molecule is Cc1c(CO)cc(Cl)cc1S(=O)(=O)NCc1cscn1. The molecule has 0 aliphatic carbocycles. The zero-order valence-electron chi connectivity index (χ0n) is 10.6. The van der Waals surface area contributed by atoms with E-state index in [4.69, 9.17) is 11.6 Å². The number of hydrogen-bond acceptors (Lipinski definition) is 5. The van der Waals surface area contributed by atoms with E-state index in [0.717, 1.165) is 0 Å². The summed E-state index contributed by atoms with van der Waals surface area (Å²) in [4.78, 5) is 4.09. The summed E-state index contributed by atoms with van der Waals surface area (Å²) in [6, 6.07) is 2.93. The van der Waals surface area contributed by atoms with Gasteiger partial charge in [0.25, 0.3) is 0 Å². The lowest BCUT2D eigenvalue weighted by molar-refractivity contribution is 0.280. The summed E-state index contributed by atoms with van der Waals surface area (Å²) in [7, 11) is -3.70. The molecule has 5 nitrogen and oxygen atoms in total. The Morgan fingerprint density at radius 1 is 1.45 bits per heavy atom. The summed E-state index contributed by atoms with van der Waals surface area (Å²) < 4.78 is 27.1. The van der Waals surface area contributed by atoms with Gasteiger partial charge in [-0.3, -0.25) is 0 Å². The van der Waals surface area contributed by atoms with Crippen molar-refractivity contribution in [3.8, 4) is 0 Å². The average Bonchev–Trinajstić information content (AvgIpc) is 2.92. The number of hydrogen-bond donors (Lipinski definition) is 2. The van der Waals surface area contributed by atoms with Gasteiger partial charge < -0.3 is 5.11 Å². The number of aliphatic hydroxyl groups excluding tert-OH is 1. The maximum Gasteiger partial charge on any atom is 0.241 e. The summed E-state index contributed by atoms with van der Waals surface area (Å²) >= 11 is 7.29. The molecule has 1 aromatic heterocycles. The van der Waals surface area contributed by atoms with Crippen molar-refractivity contribution < 1.29 is 13.5 Å². The smallest absolute Gasteiger partial charge is 0.241 e. The Bertz CT molecular complexity index is 700. The second kappa shape index (κ2) is 6.19. The first kappa shape index (κ1) is 15.4. The van der Waals surface area contributed by atoms with Crippen LogP contribution in [-0.2, 0) is 23.2 Å². The molecule has 0 radical (unpaired) electrons. The largest absolute Gasteiger partial charge is 0.392 e. The first-order chi connectivity index (χ1) is 9.44. The fraction of sp³-hybridized carbons (Fsp3) is 0.250. The van der Waals surface area contributed by atoms with Crippen molar-refractivity contribution in [2.75, 3.05) is 0 Å². The maximum absolute atomic E-state index is 12.3. The van der Waals surface area contributed by atoms with E-state index in [0.29, 0.717) is 16.8 Å². The zero-order valence-corrected chi connectivity index (χ0v) is 13.0. The monoisotopic (exact) mass is 332 g/mol. The number of thiazole rings is 1. The quantitative estimate of drug-likeness (QED) is 0.878. The highest BCUT2D eigenvalue weighted by atomic mass is 35.5. The zero-order chi connectivity index (χ0) is 14.8. The van der Waals surface area contributed by atoms with E-state index in [1.165, 1.54) is 17.4 Å². The van der Waals surface area contributed by atoms with Gasteiger partial charge in [0.1, 0.15) is 0 Å². The lowest BCUT2D eigenvalue weighted by Crippen LogP contribution is -2.24. The van der Waals surface area contributed by atoms with Gasteiger partial charge in [0.05, 0.1) is 29.3 Å². The summed E-state index contributed by atoms with van der Waals surface area (Å²) in [5.41, 5.74) is 3.27. The minimum absolute atomic E-state index is 0.0734. The molecule has 0 amide bonds. The summed E-state index contributed by atoms with van der Waals surface area (Å²) in [5, 5.41) is 11.3. The van der Waals surface area contributed by atoms with Crippen LogP contribution in [0.2, 0.25) is 5.02 Å². The summed E-state index contributed by atoms with van der Waals surface area (Å²) in [5.74, 6) is 0. The van der Waals surface area contributed by atoms with Crippen LogP contribution < -0.4 is 4.72 Å². The third kappa shape index (κ3) is 3.36. The molecule has 20 heavy (non-hydrogen) atoms. The Labute approximate surface area is 126 Å². The molecule has 0 saturated heterocycles. The van der Waals surface area contributed by atoms with Crippen LogP contribution in [0.15, 0.2) is 27.9 Å². The Balaban J connectivity index is 2.31. The van der Waals surface area contributed by atoms with Crippen molar-refractivity contribution in [2.45, 2.75) is 25.0 Å². The number of benzene rings is 1. The molecular weight excluding hydrogens is 320 g/mol. The van der Waals surface area contributed by atoms with Crippen LogP contribution in [0.4, 0.5) is 0 Å². The van der Waals surface area contributed by atoms with Gasteiger partial charge in [-0.2, -0.15) is 0 Å². The molecule has 0 bridgehead atoms. The number of halogens is 1. The van der Waals surface area contributed by atoms with Crippen LogP contribution in [0.1, 0.15) is 16.8 Å². The first-order valence-corrected chi connectivity index (χ1v) is 8.51. The highest BCUT2D eigenvalue weighted by Gasteiger charge is 2.19. The first-order valence-electron chi connectivity index (χ1n) is 5.70. The highest BCUT2D eigenvalue weighted by molar-refractivity contribution is 7.89. The van der Waals surface area contributed by atoms with Crippen molar-refractivity contribution >= 4 is 33.0 Å². The van der Waals surface area contributed by atoms with Gasteiger partial charge in [-0.05, 0) is 30.2 Å². The molecule has 2 aromatic rings. The van der Waals surface area contributed by atoms with E-state index in [1.54, 1.807) is 23.9 Å². The predicted molar refractivity (Wildman–Crippen MR) is 78.3 cm³/mol. The van der Waals surface area contributed by atoms with Gasteiger partial charge in [-0.15, -0.1) is 11.3 Å². The molecule has 108 valence electrons. The van der Waals surface area contributed by atoms with Gasteiger partial charge in [-0.1, -0.05) is 11.6 Å². The minimum Gasteiger partial charge on any atom is -0.392 e. The molecule has 0 fully saturated rings. The van der Waals surface area contributed by atoms with Crippen LogP contribution >= 0.6 is 22.9 Å². The number of rotatable bonds is 5. The lowest BCUT2D eigenvalue weighted by Gasteiger charge is -2.12. The van der Waals surface area contributed by atoms with Gasteiger partial charge in [0, 0.05) is 10.4 Å². The Hall–Kier alpha value is -0.990. The predicted octanol–water partition coefficient (Wildman–Crippen LogP) is 2.08. The van der Waals surface area contributed by atoms with Gasteiger partial charge in [-0.25, -0.2) is 18.1 Å². The molecule has 0 atom stereocenters. The number of aromatic nitrogens is 1. The fourth-order valence-electron chi connectivity index (χ4n) is 1.72. The van der Waals surface area contributed by atoms with Crippen LogP contribution in [-0.4, -0.2) is 18.5 Å². The molecule has 1 heterocycles. The Morgan fingerprint density at radius 2 is 2.20 bits per heavy atom. The molecule has 1 aromatic carbocycles. The lowest BCUT2D eigenvalue weighted by atomic mass is 10.1. The normalized spacial score (nSPS) is 11.8. The Morgan fingerprint density at radius 3 is 2.80 bits per heavy atom. The topological polar surface area (TPSA) is 79.3 Å². The minimum atomic E-state index is -3.70. The number of nitrogens with one attached hydrogen (secondary N) is 1. The van der Waals surface area contributed by atoms with Crippen LogP contribution in [0.5, 0.6) is 0 Å². The molecule has 0 aliphatic rings. The van der Waals surface area contributed by atoms with Crippen molar-refractivity contribution in [1.82, 2.24) is 9.71 Å². The number of sulfonamides is 1. The van der Waals surface area contributed by atoms with E-state index in [-0.39, 0.29) is 23.1 Å². The van der Waals surface area contributed by atoms with Crippen LogP contribution in [0.3, 0.4) is 0 Å². The highest BCUT2D eigenvalue weighted by Crippen LogP contribution is 2.24. The average molecular weight is 333 g/mol. The molecule has 0 aliphatic heterocycles. The fourth-order valence-corrected chi connectivity index (χ4v) is 3.90. The van der Waals surface area contributed by atoms with E-state index in [2.05, 4.69) is 9.71 Å². The maximum atomic E-state index is 12.3. The van der Waals surface area contributed by atoms with Crippen molar-refractivity contribution in [2.24, 2.45) is 0 Å². The molecule has 8 heteroatoms. The third-order valence-corrected chi connectivity index (χ3v) is 5.20. The van der Waals surface area contributed by atoms with Crippen LogP contribution in [0, 0.1) is 6.92 Å². The van der Waals surface area contributed by atoms with Crippen molar-refractivity contribution in [1.29, 1.82) is 0 Å². The van der Waals surface area contributed by atoms with E-state index in [1.807, 2.05) is 0 Å². The van der Waals surface area contributed by atoms with E-state index in [9.17, 15) is 13.5 Å². The molecule has 2 N–H and O–H groups in total. The Kier molecular flexibility index (Phi) is 4.77. The number of aliphatic hydroxyl groups is 1. The standard InChI is InChI=1S/C12H13ClN2O3S2/c1-8-9(5-16)2-10(13)3-12(8)20(17,18)15-4-11-6-19-7-14-11/h2-3,6-7,15-16H,4-5H2,1H3. The summed E-state index contributed by atoms with van der Waals surface area (Å²) in [6.07, 6.45) is 0. The molecular formula is C12H13ClN2O3S2. The number of nitrogens with zero attached hydrogens (tertiary/aromatic N) is 1. The molecule has 0 spiro atoms. The molecule has 0 saturated carbocycles. The second-order valence-corrected chi connectivity index (χ2v) is 7.04. The second-order valence-electron chi connectivity index (χ2n) is 4.15. The van der Waals surface area contributed by atoms with E-state index >= 15 is 0 Å². The van der Waals surface area contributed by atoms with Crippen molar-refractivity contribution in [3.63, 3.8) is 0 Å². The van der Waals surface area contributed by atoms with Crippen molar-refractivity contribution in [3.05, 3.63) is 44.9 Å². The third-order valence-electron chi connectivity index (χ3n) is 2.82. The van der Waals surface area contributed by atoms with Gasteiger partial charge in [0.15, 0.2) is 0 Å². The molecule has 0 unspecified atom stereocenters. The summed E-state index contributed by atoms with van der Waals surface area (Å²) in [6.45, 7) is 1.49. The van der Waals surface area contributed by atoms with Crippen LogP contribution in [0.25, 0.3) is 0 Å².